The molecule has 120 valence electrons. The molecule has 0 aliphatic carbocycles. The topological polar surface area (TPSA) is 58.2 Å². The van der Waals surface area contributed by atoms with Crippen LogP contribution in [-0.2, 0) is 22.3 Å². The van der Waals surface area contributed by atoms with Gasteiger partial charge in [-0.2, -0.15) is 0 Å². The number of nitrogens with one attached hydrogen (secondary N) is 2. The fraction of sp³-hybridized carbons (Fsp3) is 0.625. The molecular formula is C16H28N2O2S. The Morgan fingerprint density at radius 2 is 1.67 bits per heavy atom. The van der Waals surface area contributed by atoms with Crippen LogP contribution in [0.4, 0.5) is 0 Å². The quantitative estimate of drug-likeness (QED) is 0.653. The Bertz CT molecular complexity index is 496. The van der Waals surface area contributed by atoms with E-state index in [1.807, 2.05) is 24.3 Å². The summed E-state index contributed by atoms with van der Waals surface area (Å²) in [6.45, 7) is 7.65. The van der Waals surface area contributed by atoms with Crippen LogP contribution in [-0.4, -0.2) is 21.0 Å². The molecule has 21 heavy (non-hydrogen) atoms. The van der Waals surface area contributed by atoms with E-state index in [4.69, 9.17) is 0 Å². The average Bonchev–Trinajstić information content (AvgIpc) is 2.42. The van der Waals surface area contributed by atoms with Gasteiger partial charge in [-0.25, -0.2) is 13.1 Å². The van der Waals surface area contributed by atoms with Crippen molar-refractivity contribution in [1.29, 1.82) is 0 Å². The molecule has 0 heterocycles. The van der Waals surface area contributed by atoms with Crippen molar-refractivity contribution in [2.75, 3.05) is 6.54 Å². The van der Waals surface area contributed by atoms with Gasteiger partial charge in [-0.15, -0.1) is 0 Å². The van der Waals surface area contributed by atoms with E-state index >= 15 is 0 Å². The zero-order chi connectivity index (χ0) is 15.7. The number of hydrogen-bond acceptors (Lipinski definition) is 3. The van der Waals surface area contributed by atoms with E-state index < -0.39 is 10.0 Å². The lowest BCUT2D eigenvalue weighted by molar-refractivity contribution is 0.575. The van der Waals surface area contributed by atoms with Crippen LogP contribution in [0, 0.1) is 0 Å². The summed E-state index contributed by atoms with van der Waals surface area (Å²) in [6, 6.07) is 8.19. The summed E-state index contributed by atoms with van der Waals surface area (Å²) in [5.74, 6) is 0.0526. The molecule has 1 rings (SSSR count). The van der Waals surface area contributed by atoms with Crippen molar-refractivity contribution in [2.24, 2.45) is 0 Å². The fourth-order valence-corrected chi connectivity index (χ4v) is 3.14. The smallest absolute Gasteiger partial charge is 0.215 e. The van der Waals surface area contributed by atoms with Gasteiger partial charge in [0, 0.05) is 19.1 Å². The predicted molar refractivity (Wildman–Crippen MR) is 88.6 cm³/mol. The number of hydrogen-bond donors (Lipinski definition) is 2. The van der Waals surface area contributed by atoms with Crippen LogP contribution >= 0.6 is 0 Å². The minimum atomic E-state index is -3.22. The van der Waals surface area contributed by atoms with Gasteiger partial charge in [-0.1, -0.05) is 57.9 Å². The molecule has 0 spiro atoms. The Labute approximate surface area is 129 Å². The minimum absolute atomic E-state index is 0.0526. The second kappa shape index (κ2) is 9.18. The van der Waals surface area contributed by atoms with Gasteiger partial charge >= 0.3 is 0 Å². The molecule has 1 aromatic carbocycles. The molecule has 0 amide bonds. The maximum atomic E-state index is 11.9. The van der Waals surface area contributed by atoms with Crippen molar-refractivity contribution in [1.82, 2.24) is 10.0 Å². The summed E-state index contributed by atoms with van der Waals surface area (Å²) in [6.07, 6.45) is 3.04. The van der Waals surface area contributed by atoms with E-state index in [-0.39, 0.29) is 5.75 Å². The molecule has 0 unspecified atom stereocenters. The zero-order valence-electron chi connectivity index (χ0n) is 13.4. The molecule has 0 aromatic heterocycles. The normalized spacial score (nSPS) is 12.0. The Morgan fingerprint density at radius 1 is 1.05 bits per heavy atom. The van der Waals surface area contributed by atoms with Crippen LogP contribution in [0.2, 0.25) is 0 Å². The fourth-order valence-electron chi connectivity index (χ4n) is 1.95. The predicted octanol–water partition coefficient (Wildman–Crippen LogP) is 2.79. The molecule has 0 fully saturated rings. The highest BCUT2D eigenvalue weighted by atomic mass is 32.2. The van der Waals surface area contributed by atoms with Crippen molar-refractivity contribution < 1.29 is 8.42 Å². The molecule has 0 atom stereocenters. The van der Waals surface area contributed by atoms with Gasteiger partial charge in [0.25, 0.3) is 0 Å². The van der Waals surface area contributed by atoms with Gasteiger partial charge < -0.3 is 5.32 Å². The number of sulfonamides is 1. The van der Waals surface area contributed by atoms with Crippen LogP contribution in [0.25, 0.3) is 0 Å². The second-order valence-electron chi connectivity index (χ2n) is 5.71. The van der Waals surface area contributed by atoms with Crippen molar-refractivity contribution in [2.45, 2.75) is 58.4 Å². The Morgan fingerprint density at radius 3 is 2.24 bits per heavy atom. The Balaban J connectivity index is 2.46. The van der Waals surface area contributed by atoms with Crippen molar-refractivity contribution >= 4 is 10.0 Å². The van der Waals surface area contributed by atoms with Gasteiger partial charge in [0.05, 0.1) is 5.75 Å². The molecule has 0 saturated carbocycles. The summed E-state index contributed by atoms with van der Waals surface area (Å²) in [5.41, 5.74) is 1.99. The van der Waals surface area contributed by atoms with Crippen LogP contribution in [0.15, 0.2) is 24.3 Å². The summed E-state index contributed by atoms with van der Waals surface area (Å²) in [7, 11) is -3.22. The highest BCUT2D eigenvalue weighted by Crippen LogP contribution is 2.08. The van der Waals surface area contributed by atoms with E-state index in [1.165, 1.54) is 5.56 Å². The zero-order valence-corrected chi connectivity index (χ0v) is 14.2. The lowest BCUT2D eigenvalue weighted by Crippen LogP contribution is -2.26. The maximum absolute atomic E-state index is 11.9. The van der Waals surface area contributed by atoms with Crippen LogP contribution in [0.1, 0.15) is 51.2 Å². The first kappa shape index (κ1) is 18.1. The molecule has 0 saturated heterocycles. The SMILES string of the molecule is CCCCCNS(=O)(=O)Cc1ccc(CNC(C)C)cc1. The van der Waals surface area contributed by atoms with Crippen LogP contribution < -0.4 is 10.0 Å². The molecule has 0 radical (unpaired) electrons. The van der Waals surface area contributed by atoms with Gasteiger partial charge in [0.1, 0.15) is 0 Å². The van der Waals surface area contributed by atoms with Crippen LogP contribution in [0.3, 0.4) is 0 Å². The first-order chi connectivity index (χ1) is 9.93. The van der Waals surface area contributed by atoms with E-state index in [0.29, 0.717) is 12.6 Å². The van der Waals surface area contributed by atoms with E-state index in [2.05, 4.69) is 30.8 Å². The number of unbranched alkanes of at least 4 members (excludes halogenated alkanes) is 2. The minimum Gasteiger partial charge on any atom is -0.310 e. The molecule has 0 aliphatic rings. The lowest BCUT2D eigenvalue weighted by atomic mass is 10.1. The third-order valence-corrected chi connectivity index (χ3v) is 4.55. The molecular weight excluding hydrogens is 284 g/mol. The average molecular weight is 312 g/mol. The van der Waals surface area contributed by atoms with Crippen molar-refractivity contribution in [3.05, 3.63) is 35.4 Å². The first-order valence-corrected chi connectivity index (χ1v) is 9.36. The third-order valence-electron chi connectivity index (χ3n) is 3.20. The van der Waals surface area contributed by atoms with Gasteiger partial charge in [0.2, 0.25) is 10.0 Å². The van der Waals surface area contributed by atoms with Crippen molar-refractivity contribution in [3.8, 4) is 0 Å². The number of rotatable bonds is 10. The summed E-state index contributed by atoms with van der Waals surface area (Å²) >= 11 is 0. The Kier molecular flexibility index (Phi) is 7.93. The highest BCUT2D eigenvalue weighted by molar-refractivity contribution is 7.88. The highest BCUT2D eigenvalue weighted by Gasteiger charge is 2.10. The van der Waals surface area contributed by atoms with Gasteiger partial charge in [-0.05, 0) is 17.5 Å². The third kappa shape index (κ3) is 8.19. The molecule has 0 bridgehead atoms. The second-order valence-corrected chi connectivity index (χ2v) is 7.52. The van der Waals surface area contributed by atoms with Crippen molar-refractivity contribution in [3.63, 3.8) is 0 Å². The maximum Gasteiger partial charge on any atom is 0.215 e. The summed E-state index contributed by atoms with van der Waals surface area (Å²) in [5, 5.41) is 3.34. The Hall–Kier alpha value is -0.910. The largest absolute Gasteiger partial charge is 0.310 e. The lowest BCUT2D eigenvalue weighted by Gasteiger charge is -2.09. The molecule has 0 aliphatic heterocycles. The molecule has 5 heteroatoms. The monoisotopic (exact) mass is 312 g/mol. The van der Waals surface area contributed by atoms with Gasteiger partial charge in [0.15, 0.2) is 0 Å². The molecule has 2 N–H and O–H groups in total. The first-order valence-electron chi connectivity index (χ1n) is 7.71. The van der Waals surface area contributed by atoms with E-state index in [0.717, 1.165) is 31.4 Å². The number of benzene rings is 1. The van der Waals surface area contributed by atoms with Crippen LogP contribution in [0.5, 0.6) is 0 Å². The van der Waals surface area contributed by atoms with Gasteiger partial charge in [-0.3, -0.25) is 0 Å². The van der Waals surface area contributed by atoms with E-state index in [9.17, 15) is 8.42 Å². The molecule has 4 nitrogen and oxygen atoms in total. The standard InChI is InChI=1S/C16H28N2O2S/c1-4-5-6-11-18-21(19,20)13-16-9-7-15(8-10-16)12-17-14(2)3/h7-10,14,17-18H,4-6,11-13H2,1-3H3. The molecule has 1 aromatic rings. The summed E-state index contributed by atoms with van der Waals surface area (Å²) < 4.78 is 26.5. The van der Waals surface area contributed by atoms with E-state index in [1.54, 1.807) is 0 Å². The summed E-state index contributed by atoms with van der Waals surface area (Å²) in [4.78, 5) is 0.